The molecule has 0 bridgehead atoms. The molecule has 1 fully saturated rings. The van der Waals surface area contributed by atoms with Crippen molar-refractivity contribution in [3.8, 4) is 0 Å². The molecule has 130 valence electrons. The lowest BCUT2D eigenvalue weighted by Gasteiger charge is -2.33. The van der Waals surface area contributed by atoms with Crippen LogP contribution in [0.3, 0.4) is 0 Å². The van der Waals surface area contributed by atoms with Crippen molar-refractivity contribution >= 4 is 18.1 Å². The first-order valence-electron chi connectivity index (χ1n) is 7.95. The Balaban J connectivity index is 1.57. The average Bonchev–Trinajstić information content (AvgIpc) is 2.67. The van der Waals surface area contributed by atoms with Crippen molar-refractivity contribution in [2.45, 2.75) is 6.54 Å². The normalized spacial score (nSPS) is 14.3. The van der Waals surface area contributed by atoms with Gasteiger partial charge in [-0.3, -0.25) is 9.59 Å². The van der Waals surface area contributed by atoms with Gasteiger partial charge >= 0.3 is 0 Å². The molecule has 0 saturated carbocycles. The number of hydrogen-bond acceptors (Lipinski definition) is 5. The summed E-state index contributed by atoms with van der Waals surface area (Å²) in [6.45, 7) is 2.70. The van der Waals surface area contributed by atoms with Crippen LogP contribution in [0.2, 0.25) is 0 Å². The van der Waals surface area contributed by atoms with E-state index in [9.17, 15) is 14.0 Å². The van der Waals surface area contributed by atoms with Gasteiger partial charge in [-0.1, -0.05) is 18.2 Å². The summed E-state index contributed by atoms with van der Waals surface area (Å²) in [5.74, 6) is -0.108. The minimum absolute atomic E-state index is 0.0859. The molecule has 0 atom stereocenters. The van der Waals surface area contributed by atoms with E-state index in [1.807, 2.05) is 4.90 Å². The summed E-state index contributed by atoms with van der Waals surface area (Å²) < 4.78 is 13.5. The molecule has 1 N–H and O–H groups in total. The molecular formula is C17H18FN5O2. The number of halogens is 1. The Morgan fingerprint density at radius 2 is 1.92 bits per heavy atom. The van der Waals surface area contributed by atoms with E-state index in [1.54, 1.807) is 23.1 Å². The van der Waals surface area contributed by atoms with Gasteiger partial charge in [0, 0.05) is 38.3 Å². The number of piperazine rings is 1. The second kappa shape index (κ2) is 7.69. The SMILES string of the molecule is O=CN1CCN(c2cnc(C(=O)NCc3ccccc3F)cn2)CC1. The quantitative estimate of drug-likeness (QED) is 0.814. The standard InChI is InChI=1S/C17H18FN5O2/c18-14-4-2-1-3-13(14)9-21-17(25)15-10-20-16(11-19-15)23-7-5-22(12-24)6-8-23/h1-4,10-12H,5-9H2,(H,21,25). The van der Waals surface area contributed by atoms with Crippen LogP contribution < -0.4 is 10.2 Å². The Labute approximate surface area is 144 Å². The summed E-state index contributed by atoms with van der Waals surface area (Å²) in [5, 5.41) is 2.63. The first-order chi connectivity index (χ1) is 12.2. The lowest BCUT2D eigenvalue weighted by Crippen LogP contribution is -2.46. The fraction of sp³-hybridized carbons (Fsp3) is 0.294. The van der Waals surface area contributed by atoms with Gasteiger partial charge in [-0.05, 0) is 6.07 Å². The van der Waals surface area contributed by atoms with E-state index in [2.05, 4.69) is 15.3 Å². The van der Waals surface area contributed by atoms with E-state index in [0.29, 0.717) is 37.6 Å². The molecule has 8 heteroatoms. The monoisotopic (exact) mass is 343 g/mol. The first-order valence-corrected chi connectivity index (χ1v) is 7.95. The summed E-state index contributed by atoms with van der Waals surface area (Å²) in [7, 11) is 0. The van der Waals surface area contributed by atoms with Crippen molar-refractivity contribution in [1.29, 1.82) is 0 Å². The molecule has 1 aromatic heterocycles. The van der Waals surface area contributed by atoms with Gasteiger partial charge in [0.15, 0.2) is 0 Å². The molecular weight excluding hydrogens is 325 g/mol. The number of carbonyl (C=O) groups is 2. The number of nitrogens with one attached hydrogen (secondary N) is 1. The minimum atomic E-state index is -0.409. The number of amides is 2. The van der Waals surface area contributed by atoms with Crippen LogP contribution in [-0.2, 0) is 11.3 Å². The Bertz CT molecular complexity index is 745. The van der Waals surface area contributed by atoms with Crippen molar-refractivity contribution in [2.75, 3.05) is 31.1 Å². The van der Waals surface area contributed by atoms with Crippen molar-refractivity contribution < 1.29 is 14.0 Å². The third-order valence-electron chi connectivity index (χ3n) is 4.06. The van der Waals surface area contributed by atoms with E-state index in [0.717, 1.165) is 6.41 Å². The van der Waals surface area contributed by atoms with Crippen LogP contribution in [0.4, 0.5) is 10.2 Å². The van der Waals surface area contributed by atoms with Gasteiger partial charge in [0.25, 0.3) is 5.91 Å². The van der Waals surface area contributed by atoms with Crippen LogP contribution in [0.25, 0.3) is 0 Å². The highest BCUT2D eigenvalue weighted by molar-refractivity contribution is 5.91. The summed E-state index contributed by atoms with van der Waals surface area (Å²) in [6.07, 6.45) is 3.78. The second-order valence-corrected chi connectivity index (χ2v) is 5.66. The van der Waals surface area contributed by atoms with Crippen LogP contribution in [-0.4, -0.2) is 53.4 Å². The summed E-state index contributed by atoms with van der Waals surface area (Å²) >= 11 is 0. The predicted octanol–water partition coefficient (Wildman–Crippen LogP) is 0.824. The van der Waals surface area contributed by atoms with Crippen LogP contribution in [0, 0.1) is 5.82 Å². The van der Waals surface area contributed by atoms with Crippen LogP contribution in [0.15, 0.2) is 36.7 Å². The van der Waals surface area contributed by atoms with Crippen molar-refractivity contribution in [3.63, 3.8) is 0 Å². The molecule has 0 unspecified atom stereocenters. The number of carbonyl (C=O) groups excluding carboxylic acids is 2. The zero-order valence-electron chi connectivity index (χ0n) is 13.6. The summed E-state index contributed by atoms with van der Waals surface area (Å²) in [4.78, 5) is 34.9. The van der Waals surface area contributed by atoms with Crippen LogP contribution in [0.1, 0.15) is 16.1 Å². The third-order valence-corrected chi connectivity index (χ3v) is 4.06. The maximum absolute atomic E-state index is 13.5. The molecule has 2 aromatic rings. The number of benzene rings is 1. The molecule has 0 radical (unpaired) electrons. The van der Waals surface area contributed by atoms with Gasteiger partial charge in [0.05, 0.1) is 12.4 Å². The topological polar surface area (TPSA) is 78.4 Å². The fourth-order valence-corrected chi connectivity index (χ4v) is 2.57. The van der Waals surface area contributed by atoms with Gasteiger partial charge in [0.2, 0.25) is 6.41 Å². The van der Waals surface area contributed by atoms with Crippen LogP contribution >= 0.6 is 0 Å². The fourth-order valence-electron chi connectivity index (χ4n) is 2.57. The average molecular weight is 343 g/mol. The lowest BCUT2D eigenvalue weighted by atomic mass is 10.2. The molecule has 0 aliphatic carbocycles. The smallest absolute Gasteiger partial charge is 0.271 e. The van der Waals surface area contributed by atoms with Gasteiger partial charge in [0.1, 0.15) is 17.3 Å². The molecule has 1 saturated heterocycles. The third kappa shape index (κ3) is 4.09. The molecule has 1 aromatic carbocycles. The van der Waals surface area contributed by atoms with E-state index < -0.39 is 5.91 Å². The molecule has 7 nitrogen and oxygen atoms in total. The molecule has 1 aliphatic heterocycles. The van der Waals surface area contributed by atoms with E-state index >= 15 is 0 Å². The molecule has 3 rings (SSSR count). The second-order valence-electron chi connectivity index (χ2n) is 5.66. The maximum Gasteiger partial charge on any atom is 0.271 e. The van der Waals surface area contributed by atoms with E-state index in [1.165, 1.54) is 18.5 Å². The molecule has 25 heavy (non-hydrogen) atoms. The Hall–Kier alpha value is -3.03. The number of aromatic nitrogens is 2. The highest BCUT2D eigenvalue weighted by atomic mass is 19.1. The zero-order valence-corrected chi connectivity index (χ0v) is 13.6. The highest BCUT2D eigenvalue weighted by Gasteiger charge is 2.17. The van der Waals surface area contributed by atoms with Crippen LogP contribution in [0.5, 0.6) is 0 Å². The maximum atomic E-state index is 13.5. The number of hydrogen-bond donors (Lipinski definition) is 1. The largest absolute Gasteiger partial charge is 0.352 e. The number of nitrogens with zero attached hydrogens (tertiary/aromatic N) is 4. The minimum Gasteiger partial charge on any atom is -0.352 e. The van der Waals surface area contributed by atoms with E-state index in [-0.39, 0.29) is 18.1 Å². The Morgan fingerprint density at radius 1 is 1.16 bits per heavy atom. The van der Waals surface area contributed by atoms with Crippen molar-refractivity contribution in [3.05, 3.63) is 53.7 Å². The summed E-state index contributed by atoms with van der Waals surface area (Å²) in [6, 6.07) is 6.27. The van der Waals surface area contributed by atoms with Gasteiger partial charge in [-0.15, -0.1) is 0 Å². The lowest BCUT2D eigenvalue weighted by molar-refractivity contribution is -0.118. The van der Waals surface area contributed by atoms with Gasteiger partial charge < -0.3 is 15.1 Å². The number of anilines is 1. The molecule has 1 aliphatic rings. The van der Waals surface area contributed by atoms with Crippen molar-refractivity contribution in [1.82, 2.24) is 20.2 Å². The zero-order chi connectivity index (χ0) is 17.6. The predicted molar refractivity (Wildman–Crippen MR) is 89.5 cm³/mol. The molecule has 2 amide bonds. The Morgan fingerprint density at radius 3 is 2.56 bits per heavy atom. The molecule has 0 spiro atoms. The van der Waals surface area contributed by atoms with E-state index in [4.69, 9.17) is 0 Å². The number of rotatable bonds is 5. The molecule has 2 heterocycles. The Kier molecular flexibility index (Phi) is 5.17. The first kappa shape index (κ1) is 16.8. The van der Waals surface area contributed by atoms with Gasteiger partial charge in [-0.2, -0.15) is 0 Å². The highest BCUT2D eigenvalue weighted by Crippen LogP contribution is 2.12. The summed E-state index contributed by atoms with van der Waals surface area (Å²) in [5.41, 5.74) is 0.583. The van der Waals surface area contributed by atoms with Crippen molar-refractivity contribution in [2.24, 2.45) is 0 Å². The van der Waals surface area contributed by atoms with Gasteiger partial charge in [-0.25, -0.2) is 14.4 Å².